The Labute approximate surface area is 104 Å². The van der Waals surface area contributed by atoms with Crippen molar-refractivity contribution in [3.05, 3.63) is 0 Å². The predicted molar refractivity (Wildman–Crippen MR) is 69.1 cm³/mol. The van der Waals surface area contributed by atoms with Gasteiger partial charge in [-0.25, -0.2) is 4.79 Å². The summed E-state index contributed by atoms with van der Waals surface area (Å²) in [6, 6.07) is 0. The van der Waals surface area contributed by atoms with Gasteiger partial charge in [0.2, 0.25) is 0 Å². The zero-order valence-electron chi connectivity index (χ0n) is 11.6. The molecule has 1 fully saturated rings. The number of ether oxygens (including phenoxy) is 1. The summed E-state index contributed by atoms with van der Waals surface area (Å²) in [6.45, 7) is 10.4. The molecule has 4 nitrogen and oxygen atoms in total. The molecule has 0 bridgehead atoms. The zero-order chi connectivity index (χ0) is 12.9. The maximum absolute atomic E-state index is 11.3. The van der Waals surface area contributed by atoms with Crippen molar-refractivity contribution in [1.82, 2.24) is 10.6 Å². The molecule has 0 heterocycles. The maximum Gasteiger partial charge on any atom is 0.407 e. The first kappa shape index (κ1) is 14.3. The summed E-state index contributed by atoms with van der Waals surface area (Å²) in [6.07, 6.45) is 3.63. The van der Waals surface area contributed by atoms with Gasteiger partial charge in [0, 0.05) is 13.1 Å². The van der Waals surface area contributed by atoms with E-state index in [2.05, 4.69) is 17.6 Å². The number of rotatable bonds is 6. The van der Waals surface area contributed by atoms with E-state index in [0.29, 0.717) is 12.0 Å². The van der Waals surface area contributed by atoms with Crippen LogP contribution in [0.25, 0.3) is 0 Å². The molecule has 1 saturated carbocycles. The van der Waals surface area contributed by atoms with Crippen LogP contribution in [0.3, 0.4) is 0 Å². The van der Waals surface area contributed by atoms with Crippen molar-refractivity contribution in [2.75, 3.05) is 19.6 Å². The van der Waals surface area contributed by atoms with Crippen LogP contribution in [0.5, 0.6) is 0 Å². The molecular weight excluding hydrogens is 216 g/mol. The first-order valence-electron chi connectivity index (χ1n) is 6.48. The van der Waals surface area contributed by atoms with Crippen LogP contribution in [-0.2, 0) is 4.74 Å². The smallest absolute Gasteiger partial charge is 0.407 e. The van der Waals surface area contributed by atoms with E-state index in [1.807, 2.05) is 20.8 Å². The summed E-state index contributed by atoms with van der Waals surface area (Å²) in [4.78, 5) is 11.3. The molecule has 0 radical (unpaired) electrons. The van der Waals surface area contributed by atoms with E-state index in [4.69, 9.17) is 4.74 Å². The molecule has 1 rings (SSSR count). The highest BCUT2D eigenvalue weighted by Gasteiger charge is 2.35. The molecule has 1 aliphatic carbocycles. The summed E-state index contributed by atoms with van der Waals surface area (Å²) < 4.78 is 5.13. The number of carbonyl (C=O) groups is 1. The van der Waals surface area contributed by atoms with Gasteiger partial charge in [0.05, 0.1) is 0 Å². The average Bonchev–Trinajstić information content (AvgIpc) is 2.87. The number of hydrogen-bond acceptors (Lipinski definition) is 3. The second-order valence-electron chi connectivity index (χ2n) is 6.24. The highest BCUT2D eigenvalue weighted by atomic mass is 16.6. The SMILES string of the molecule is CC1(CCNCCNC(=O)OC(C)(C)C)CC1. The van der Waals surface area contributed by atoms with Crippen LogP contribution < -0.4 is 10.6 Å². The third-order valence-corrected chi connectivity index (χ3v) is 2.98. The first-order valence-corrected chi connectivity index (χ1v) is 6.48. The van der Waals surface area contributed by atoms with Crippen LogP contribution in [0.4, 0.5) is 4.79 Å². The molecule has 1 aliphatic rings. The summed E-state index contributed by atoms with van der Waals surface area (Å²) >= 11 is 0. The Morgan fingerprint density at radius 1 is 1.24 bits per heavy atom. The number of hydrogen-bond donors (Lipinski definition) is 2. The van der Waals surface area contributed by atoms with Crippen LogP contribution in [0.15, 0.2) is 0 Å². The summed E-state index contributed by atoms with van der Waals surface area (Å²) in [5.74, 6) is 0. The van der Waals surface area contributed by atoms with Crippen LogP contribution in [-0.4, -0.2) is 31.3 Å². The maximum atomic E-state index is 11.3. The Morgan fingerprint density at radius 3 is 2.41 bits per heavy atom. The van der Waals surface area contributed by atoms with E-state index < -0.39 is 5.60 Å². The monoisotopic (exact) mass is 242 g/mol. The van der Waals surface area contributed by atoms with Crippen molar-refractivity contribution < 1.29 is 9.53 Å². The Kier molecular flexibility index (Phi) is 4.80. The van der Waals surface area contributed by atoms with Gasteiger partial charge in [0.1, 0.15) is 5.60 Å². The van der Waals surface area contributed by atoms with Gasteiger partial charge in [-0.1, -0.05) is 6.92 Å². The summed E-state index contributed by atoms with van der Waals surface area (Å²) in [7, 11) is 0. The van der Waals surface area contributed by atoms with Gasteiger partial charge in [0.15, 0.2) is 0 Å². The normalized spacial score (nSPS) is 17.6. The Hall–Kier alpha value is -0.770. The van der Waals surface area contributed by atoms with Crippen molar-refractivity contribution in [1.29, 1.82) is 0 Å². The van der Waals surface area contributed by atoms with Crippen molar-refractivity contribution in [2.24, 2.45) is 5.41 Å². The average molecular weight is 242 g/mol. The molecule has 0 aromatic carbocycles. The molecule has 2 N–H and O–H groups in total. The molecule has 100 valence electrons. The lowest BCUT2D eigenvalue weighted by Crippen LogP contribution is -2.36. The Balaban J connectivity index is 1.91. The predicted octanol–water partition coefficient (Wildman–Crippen LogP) is 2.29. The first-order chi connectivity index (χ1) is 7.81. The van der Waals surface area contributed by atoms with Gasteiger partial charge in [-0.2, -0.15) is 0 Å². The number of carbonyl (C=O) groups excluding carboxylic acids is 1. The van der Waals surface area contributed by atoms with Gasteiger partial charge in [-0.05, 0) is 52.0 Å². The topological polar surface area (TPSA) is 50.4 Å². The minimum Gasteiger partial charge on any atom is -0.444 e. The minimum atomic E-state index is -0.419. The molecular formula is C13H26N2O2. The molecule has 0 saturated heterocycles. The van der Waals surface area contributed by atoms with E-state index in [1.165, 1.54) is 19.3 Å². The van der Waals surface area contributed by atoms with E-state index in [9.17, 15) is 4.79 Å². The highest BCUT2D eigenvalue weighted by Crippen LogP contribution is 2.47. The largest absolute Gasteiger partial charge is 0.444 e. The van der Waals surface area contributed by atoms with E-state index in [-0.39, 0.29) is 6.09 Å². The number of nitrogens with one attached hydrogen (secondary N) is 2. The third-order valence-electron chi connectivity index (χ3n) is 2.98. The lowest BCUT2D eigenvalue weighted by Gasteiger charge is -2.19. The lowest BCUT2D eigenvalue weighted by atomic mass is 10.1. The zero-order valence-corrected chi connectivity index (χ0v) is 11.6. The number of alkyl carbamates (subject to hydrolysis) is 1. The second kappa shape index (κ2) is 5.71. The quantitative estimate of drug-likeness (QED) is 0.703. The fraction of sp³-hybridized carbons (Fsp3) is 0.923. The van der Waals surface area contributed by atoms with E-state index >= 15 is 0 Å². The summed E-state index contributed by atoms with van der Waals surface area (Å²) in [5.41, 5.74) is 0.184. The molecule has 17 heavy (non-hydrogen) atoms. The molecule has 0 aromatic rings. The van der Waals surface area contributed by atoms with Crippen molar-refractivity contribution in [3.8, 4) is 0 Å². The second-order valence-corrected chi connectivity index (χ2v) is 6.24. The third kappa shape index (κ3) is 7.21. The molecule has 1 amide bonds. The van der Waals surface area contributed by atoms with Gasteiger partial charge < -0.3 is 15.4 Å². The van der Waals surface area contributed by atoms with Crippen molar-refractivity contribution >= 4 is 6.09 Å². The molecule has 0 aliphatic heterocycles. The molecule has 0 spiro atoms. The van der Waals surface area contributed by atoms with E-state index in [0.717, 1.165) is 13.1 Å². The minimum absolute atomic E-state index is 0.339. The van der Waals surface area contributed by atoms with E-state index in [1.54, 1.807) is 0 Å². The molecule has 0 unspecified atom stereocenters. The Bertz CT molecular complexity index is 255. The van der Waals surface area contributed by atoms with Crippen LogP contribution in [0.2, 0.25) is 0 Å². The fourth-order valence-corrected chi connectivity index (χ4v) is 1.55. The van der Waals surface area contributed by atoms with Crippen LogP contribution >= 0.6 is 0 Å². The van der Waals surface area contributed by atoms with Crippen molar-refractivity contribution in [3.63, 3.8) is 0 Å². The van der Waals surface area contributed by atoms with Gasteiger partial charge in [0.25, 0.3) is 0 Å². The lowest BCUT2D eigenvalue weighted by molar-refractivity contribution is 0.0528. The van der Waals surface area contributed by atoms with Crippen LogP contribution in [0.1, 0.15) is 47.0 Å². The summed E-state index contributed by atoms with van der Waals surface area (Å²) in [5, 5.41) is 6.06. The van der Waals surface area contributed by atoms with Gasteiger partial charge >= 0.3 is 6.09 Å². The molecule has 4 heteroatoms. The highest BCUT2D eigenvalue weighted by molar-refractivity contribution is 5.67. The standard InChI is InChI=1S/C13H26N2O2/c1-12(2,3)17-11(16)15-10-9-14-8-7-13(4)5-6-13/h14H,5-10H2,1-4H3,(H,15,16). The van der Waals surface area contributed by atoms with Crippen LogP contribution in [0, 0.1) is 5.41 Å². The van der Waals surface area contributed by atoms with Gasteiger partial charge in [-0.15, -0.1) is 0 Å². The fourth-order valence-electron chi connectivity index (χ4n) is 1.55. The molecule has 0 atom stereocenters. The van der Waals surface area contributed by atoms with Crippen molar-refractivity contribution in [2.45, 2.75) is 52.6 Å². The Morgan fingerprint density at radius 2 is 1.88 bits per heavy atom. The molecule has 0 aromatic heterocycles. The number of amides is 1. The van der Waals surface area contributed by atoms with Gasteiger partial charge in [-0.3, -0.25) is 0 Å².